The predicted molar refractivity (Wildman–Crippen MR) is 45.9 cm³/mol. The third-order valence-electron chi connectivity index (χ3n) is 1.27. The van der Waals surface area contributed by atoms with Crippen LogP contribution in [-0.2, 0) is 4.79 Å². The Morgan fingerprint density at radius 3 is 2.73 bits per heavy atom. The van der Waals surface area contributed by atoms with Gasteiger partial charge in [-0.15, -0.1) is 0 Å². The fourth-order valence-electron chi connectivity index (χ4n) is 0.888. The molecule has 0 aliphatic rings. The van der Waals surface area contributed by atoms with Crippen molar-refractivity contribution in [3.05, 3.63) is 28.8 Å². The summed E-state index contributed by atoms with van der Waals surface area (Å²) in [5, 5.41) is 3.16. The van der Waals surface area contributed by atoms with E-state index in [-0.39, 0.29) is 0 Å². The molecule has 0 saturated heterocycles. The van der Waals surface area contributed by atoms with Crippen molar-refractivity contribution in [2.75, 3.05) is 5.32 Å². The van der Waals surface area contributed by atoms with Crippen molar-refractivity contribution in [3.8, 4) is 0 Å². The Kier molecular flexibility index (Phi) is 2.49. The molecule has 0 unspecified atom stereocenters. The highest BCUT2D eigenvalue weighted by molar-refractivity contribution is 6.31. The Morgan fingerprint density at radius 1 is 1.45 bits per heavy atom. The van der Waals surface area contributed by atoms with Crippen LogP contribution in [0.2, 0.25) is 5.02 Å². The molecule has 0 heterocycles. The van der Waals surface area contributed by atoms with Crippen LogP contribution in [0.5, 0.6) is 0 Å². The molecule has 11 heavy (non-hydrogen) atoms. The number of hydrogen-bond donors (Lipinski definition) is 1. The minimum Gasteiger partial charge on any atom is -0.329 e. The molecule has 0 radical (unpaired) electrons. The summed E-state index contributed by atoms with van der Waals surface area (Å²) in [5.74, 6) is 0. The van der Waals surface area contributed by atoms with Gasteiger partial charge in [-0.1, -0.05) is 11.6 Å². The number of amides is 1. The van der Waals surface area contributed by atoms with E-state index in [9.17, 15) is 4.79 Å². The van der Waals surface area contributed by atoms with Crippen LogP contribution >= 0.6 is 11.6 Å². The van der Waals surface area contributed by atoms with Gasteiger partial charge < -0.3 is 5.32 Å². The fourth-order valence-corrected chi connectivity index (χ4v) is 1.18. The summed E-state index contributed by atoms with van der Waals surface area (Å²) < 4.78 is 0. The van der Waals surface area contributed by atoms with Gasteiger partial charge >= 0.3 is 0 Å². The van der Waals surface area contributed by atoms with Gasteiger partial charge in [-0.05, 0) is 30.7 Å². The lowest BCUT2D eigenvalue weighted by Crippen LogP contribution is -1.93. The van der Waals surface area contributed by atoms with E-state index >= 15 is 0 Å². The number of anilines is 1. The lowest BCUT2D eigenvalue weighted by Gasteiger charge is -2.00. The predicted octanol–water partition coefficient (Wildman–Crippen LogP) is 2.22. The number of aryl methyl sites for hydroxylation is 1. The minimum absolute atomic E-state index is 0.630. The summed E-state index contributed by atoms with van der Waals surface area (Å²) in [6.07, 6.45) is 0.630. The van der Waals surface area contributed by atoms with Gasteiger partial charge in [0.05, 0.1) is 0 Å². The smallest absolute Gasteiger partial charge is 0.211 e. The highest BCUT2D eigenvalue weighted by Gasteiger charge is 1.93. The maximum absolute atomic E-state index is 10.0. The molecule has 3 heteroatoms. The van der Waals surface area contributed by atoms with Crippen molar-refractivity contribution >= 4 is 23.7 Å². The molecule has 2 nitrogen and oxygen atoms in total. The summed E-state index contributed by atoms with van der Waals surface area (Å²) in [4.78, 5) is 10.0. The van der Waals surface area contributed by atoms with Crippen LogP contribution in [0.1, 0.15) is 5.56 Å². The van der Waals surface area contributed by atoms with Crippen LogP contribution in [-0.4, -0.2) is 6.41 Å². The molecular formula is C8H8ClNO. The first kappa shape index (κ1) is 8.08. The summed E-state index contributed by atoms with van der Waals surface area (Å²) in [6, 6.07) is 5.38. The van der Waals surface area contributed by atoms with E-state index in [0.717, 1.165) is 11.3 Å². The average molecular weight is 170 g/mol. The molecule has 0 spiro atoms. The lowest BCUT2D eigenvalue weighted by atomic mass is 10.2. The number of nitrogens with one attached hydrogen (secondary N) is 1. The highest BCUT2D eigenvalue weighted by Crippen LogP contribution is 2.17. The van der Waals surface area contributed by atoms with E-state index in [2.05, 4.69) is 5.32 Å². The first-order valence-corrected chi connectivity index (χ1v) is 3.57. The number of halogens is 1. The molecule has 0 bridgehead atoms. The SMILES string of the molecule is Cc1cc(Cl)cc(NC=O)c1. The monoisotopic (exact) mass is 169 g/mol. The molecule has 0 aromatic heterocycles. The Morgan fingerprint density at radius 2 is 2.18 bits per heavy atom. The second-order valence-corrected chi connectivity index (χ2v) is 2.72. The summed E-state index contributed by atoms with van der Waals surface area (Å²) in [7, 11) is 0. The van der Waals surface area contributed by atoms with Crippen molar-refractivity contribution in [2.24, 2.45) is 0 Å². The molecule has 0 aliphatic heterocycles. The van der Waals surface area contributed by atoms with Crippen molar-refractivity contribution in [2.45, 2.75) is 6.92 Å². The van der Waals surface area contributed by atoms with Crippen LogP contribution < -0.4 is 5.32 Å². The van der Waals surface area contributed by atoms with E-state index in [1.54, 1.807) is 6.07 Å². The number of carbonyl (C=O) groups is 1. The highest BCUT2D eigenvalue weighted by atomic mass is 35.5. The van der Waals surface area contributed by atoms with Gasteiger partial charge in [0.2, 0.25) is 6.41 Å². The third-order valence-corrected chi connectivity index (χ3v) is 1.49. The van der Waals surface area contributed by atoms with Gasteiger partial charge in [0.25, 0.3) is 0 Å². The van der Waals surface area contributed by atoms with Crippen molar-refractivity contribution in [3.63, 3.8) is 0 Å². The fraction of sp³-hybridized carbons (Fsp3) is 0.125. The molecule has 0 aliphatic carbocycles. The average Bonchev–Trinajstić information content (AvgIpc) is 1.85. The standard InChI is InChI=1S/C8H8ClNO/c1-6-2-7(9)4-8(3-6)10-5-11/h2-5H,1H3,(H,10,11). The van der Waals surface area contributed by atoms with Gasteiger partial charge in [-0.2, -0.15) is 0 Å². The molecule has 1 aromatic rings. The van der Waals surface area contributed by atoms with Crippen LogP contribution in [0.15, 0.2) is 18.2 Å². The molecule has 0 saturated carbocycles. The van der Waals surface area contributed by atoms with E-state index in [0.29, 0.717) is 11.4 Å². The summed E-state index contributed by atoms with van der Waals surface area (Å²) in [6.45, 7) is 1.92. The van der Waals surface area contributed by atoms with Crippen molar-refractivity contribution < 1.29 is 4.79 Å². The quantitative estimate of drug-likeness (QED) is 0.676. The molecule has 0 fully saturated rings. The third kappa shape index (κ3) is 2.24. The Bertz CT molecular complexity index is 253. The van der Waals surface area contributed by atoms with E-state index in [1.165, 1.54) is 0 Å². The summed E-state index contributed by atoms with van der Waals surface area (Å²) in [5.41, 5.74) is 1.76. The van der Waals surface area contributed by atoms with Crippen molar-refractivity contribution in [1.82, 2.24) is 0 Å². The van der Waals surface area contributed by atoms with E-state index in [4.69, 9.17) is 11.6 Å². The van der Waals surface area contributed by atoms with Gasteiger partial charge in [0, 0.05) is 10.7 Å². The van der Waals surface area contributed by atoms with Gasteiger partial charge in [-0.3, -0.25) is 4.79 Å². The van der Waals surface area contributed by atoms with Crippen LogP contribution in [0.25, 0.3) is 0 Å². The van der Waals surface area contributed by atoms with Gasteiger partial charge in [0.1, 0.15) is 0 Å². The molecule has 1 N–H and O–H groups in total. The Hall–Kier alpha value is -1.02. The molecular weight excluding hydrogens is 162 g/mol. The number of carbonyl (C=O) groups excluding carboxylic acids is 1. The first-order valence-electron chi connectivity index (χ1n) is 3.20. The topological polar surface area (TPSA) is 29.1 Å². The molecule has 1 amide bonds. The Balaban J connectivity index is 2.98. The molecule has 1 rings (SSSR count). The zero-order chi connectivity index (χ0) is 8.27. The van der Waals surface area contributed by atoms with Crippen LogP contribution in [0.4, 0.5) is 5.69 Å². The normalized spacial score (nSPS) is 9.27. The second kappa shape index (κ2) is 3.39. The minimum atomic E-state index is 0.630. The van der Waals surface area contributed by atoms with Gasteiger partial charge in [0.15, 0.2) is 0 Å². The first-order chi connectivity index (χ1) is 5.22. The maximum Gasteiger partial charge on any atom is 0.211 e. The molecule has 0 atom stereocenters. The van der Waals surface area contributed by atoms with Crippen LogP contribution in [0, 0.1) is 6.92 Å². The number of benzene rings is 1. The maximum atomic E-state index is 10.0. The van der Waals surface area contributed by atoms with E-state index < -0.39 is 0 Å². The zero-order valence-electron chi connectivity index (χ0n) is 6.10. The molecule has 58 valence electrons. The van der Waals surface area contributed by atoms with Crippen molar-refractivity contribution in [1.29, 1.82) is 0 Å². The largest absolute Gasteiger partial charge is 0.329 e. The number of rotatable bonds is 2. The van der Waals surface area contributed by atoms with Crippen LogP contribution in [0.3, 0.4) is 0 Å². The Labute approximate surface area is 70.2 Å². The lowest BCUT2D eigenvalue weighted by molar-refractivity contribution is -0.105. The van der Waals surface area contributed by atoms with Gasteiger partial charge in [-0.25, -0.2) is 0 Å². The summed E-state index contributed by atoms with van der Waals surface area (Å²) >= 11 is 5.73. The van der Waals surface area contributed by atoms with E-state index in [1.807, 2.05) is 19.1 Å². The number of hydrogen-bond acceptors (Lipinski definition) is 1. The molecule has 1 aromatic carbocycles. The second-order valence-electron chi connectivity index (χ2n) is 2.28. The zero-order valence-corrected chi connectivity index (χ0v) is 6.85.